The maximum Gasteiger partial charge on any atom is 0.231 e. The molecule has 1 saturated heterocycles. The molecular weight excluding hydrogens is 240 g/mol. The SMILES string of the molecule is COC1CCCN(C(=O)C(CN)c2ccccc2)C1. The minimum absolute atomic E-state index is 0.121. The highest BCUT2D eigenvalue weighted by molar-refractivity contribution is 5.84. The molecule has 2 rings (SSSR count). The van der Waals surface area contributed by atoms with Crippen LogP contribution in [0.3, 0.4) is 0 Å². The maximum absolute atomic E-state index is 12.6. The van der Waals surface area contributed by atoms with E-state index in [0.717, 1.165) is 24.9 Å². The van der Waals surface area contributed by atoms with Crippen molar-refractivity contribution in [2.75, 3.05) is 26.7 Å². The molecule has 1 amide bonds. The molecule has 0 bridgehead atoms. The molecule has 4 nitrogen and oxygen atoms in total. The molecule has 1 aliphatic rings. The summed E-state index contributed by atoms with van der Waals surface area (Å²) in [5.41, 5.74) is 6.80. The number of amides is 1. The Morgan fingerprint density at radius 2 is 2.21 bits per heavy atom. The Hall–Kier alpha value is -1.39. The van der Waals surface area contributed by atoms with E-state index in [1.54, 1.807) is 7.11 Å². The molecule has 0 aromatic heterocycles. The maximum atomic E-state index is 12.6. The van der Waals surface area contributed by atoms with Crippen LogP contribution in [0.25, 0.3) is 0 Å². The fourth-order valence-electron chi connectivity index (χ4n) is 2.62. The molecule has 2 atom stereocenters. The van der Waals surface area contributed by atoms with Crippen LogP contribution in [-0.2, 0) is 9.53 Å². The number of nitrogens with two attached hydrogens (primary N) is 1. The van der Waals surface area contributed by atoms with E-state index < -0.39 is 0 Å². The quantitative estimate of drug-likeness (QED) is 0.891. The highest BCUT2D eigenvalue weighted by atomic mass is 16.5. The molecule has 2 N–H and O–H groups in total. The van der Waals surface area contributed by atoms with E-state index in [9.17, 15) is 4.79 Å². The first-order valence-electron chi connectivity index (χ1n) is 6.83. The molecule has 0 spiro atoms. The van der Waals surface area contributed by atoms with Gasteiger partial charge >= 0.3 is 0 Å². The van der Waals surface area contributed by atoms with Gasteiger partial charge in [-0.3, -0.25) is 4.79 Å². The number of ether oxygens (including phenoxy) is 1. The fourth-order valence-corrected chi connectivity index (χ4v) is 2.62. The van der Waals surface area contributed by atoms with E-state index in [-0.39, 0.29) is 17.9 Å². The second kappa shape index (κ2) is 6.68. The molecule has 104 valence electrons. The van der Waals surface area contributed by atoms with Crippen LogP contribution in [0.2, 0.25) is 0 Å². The summed E-state index contributed by atoms with van der Waals surface area (Å²) in [4.78, 5) is 14.5. The number of likely N-dealkylation sites (tertiary alicyclic amines) is 1. The molecule has 19 heavy (non-hydrogen) atoms. The van der Waals surface area contributed by atoms with Gasteiger partial charge in [0.25, 0.3) is 0 Å². The lowest BCUT2D eigenvalue weighted by molar-refractivity contribution is -0.136. The second-order valence-corrected chi connectivity index (χ2v) is 4.98. The summed E-state index contributed by atoms with van der Waals surface area (Å²) >= 11 is 0. The van der Waals surface area contributed by atoms with E-state index >= 15 is 0 Å². The zero-order chi connectivity index (χ0) is 13.7. The third-order valence-corrected chi connectivity index (χ3v) is 3.76. The Kier molecular flexibility index (Phi) is 4.93. The molecule has 1 aromatic carbocycles. The number of benzene rings is 1. The first kappa shape index (κ1) is 14.0. The van der Waals surface area contributed by atoms with Gasteiger partial charge < -0.3 is 15.4 Å². The van der Waals surface area contributed by atoms with Crippen LogP contribution < -0.4 is 5.73 Å². The molecule has 0 radical (unpaired) electrons. The summed E-state index contributed by atoms with van der Waals surface area (Å²) in [6.45, 7) is 1.83. The Morgan fingerprint density at radius 1 is 1.47 bits per heavy atom. The summed E-state index contributed by atoms with van der Waals surface area (Å²) in [6.07, 6.45) is 2.18. The zero-order valence-electron chi connectivity index (χ0n) is 11.4. The van der Waals surface area contributed by atoms with E-state index in [1.807, 2.05) is 35.2 Å². The lowest BCUT2D eigenvalue weighted by Gasteiger charge is -2.34. The monoisotopic (exact) mass is 262 g/mol. The van der Waals surface area contributed by atoms with Gasteiger partial charge in [-0.2, -0.15) is 0 Å². The average Bonchev–Trinajstić information content (AvgIpc) is 2.49. The predicted octanol–water partition coefficient (Wildman–Crippen LogP) is 1.37. The summed E-state index contributed by atoms with van der Waals surface area (Å²) in [5.74, 6) is -0.118. The van der Waals surface area contributed by atoms with Crippen LogP contribution in [-0.4, -0.2) is 43.7 Å². The van der Waals surface area contributed by atoms with Crippen LogP contribution in [0.1, 0.15) is 24.3 Å². The lowest BCUT2D eigenvalue weighted by Crippen LogP contribution is -2.46. The van der Waals surface area contributed by atoms with Crippen LogP contribution in [0.4, 0.5) is 0 Å². The Morgan fingerprint density at radius 3 is 2.84 bits per heavy atom. The Bertz CT molecular complexity index is 408. The number of nitrogens with zero attached hydrogens (tertiary/aromatic N) is 1. The van der Waals surface area contributed by atoms with Crippen molar-refractivity contribution in [2.24, 2.45) is 5.73 Å². The summed E-state index contributed by atoms with van der Waals surface area (Å²) in [6, 6.07) is 9.77. The van der Waals surface area contributed by atoms with E-state index in [0.29, 0.717) is 13.1 Å². The van der Waals surface area contributed by atoms with Gasteiger partial charge in [-0.05, 0) is 18.4 Å². The van der Waals surface area contributed by atoms with E-state index in [1.165, 1.54) is 0 Å². The third kappa shape index (κ3) is 3.33. The van der Waals surface area contributed by atoms with Crippen LogP contribution >= 0.6 is 0 Å². The molecule has 0 saturated carbocycles. The highest BCUT2D eigenvalue weighted by Crippen LogP contribution is 2.21. The number of methoxy groups -OCH3 is 1. The summed E-state index contributed by atoms with van der Waals surface area (Å²) in [7, 11) is 1.70. The summed E-state index contributed by atoms with van der Waals surface area (Å²) < 4.78 is 5.37. The van der Waals surface area contributed by atoms with Crippen molar-refractivity contribution in [1.82, 2.24) is 4.90 Å². The predicted molar refractivity (Wildman–Crippen MR) is 74.8 cm³/mol. The first-order chi connectivity index (χ1) is 9.26. The van der Waals surface area contributed by atoms with Crippen molar-refractivity contribution in [1.29, 1.82) is 0 Å². The minimum Gasteiger partial charge on any atom is -0.380 e. The van der Waals surface area contributed by atoms with Crippen molar-refractivity contribution in [3.8, 4) is 0 Å². The van der Waals surface area contributed by atoms with Crippen LogP contribution in [0, 0.1) is 0 Å². The smallest absolute Gasteiger partial charge is 0.231 e. The van der Waals surface area contributed by atoms with Gasteiger partial charge in [0.2, 0.25) is 5.91 Å². The first-order valence-corrected chi connectivity index (χ1v) is 6.83. The van der Waals surface area contributed by atoms with Gasteiger partial charge in [0.15, 0.2) is 0 Å². The van der Waals surface area contributed by atoms with Gasteiger partial charge in [0.1, 0.15) is 0 Å². The summed E-state index contributed by atoms with van der Waals surface area (Å²) in [5, 5.41) is 0. The molecule has 1 aliphatic heterocycles. The van der Waals surface area contributed by atoms with Crippen LogP contribution in [0.15, 0.2) is 30.3 Å². The number of rotatable bonds is 4. The second-order valence-electron chi connectivity index (χ2n) is 4.98. The van der Waals surface area contributed by atoms with Crippen molar-refractivity contribution in [3.63, 3.8) is 0 Å². The molecule has 0 aliphatic carbocycles. The number of hydrogen-bond donors (Lipinski definition) is 1. The van der Waals surface area contributed by atoms with Gasteiger partial charge in [-0.15, -0.1) is 0 Å². The minimum atomic E-state index is -0.239. The van der Waals surface area contributed by atoms with Crippen LogP contribution in [0.5, 0.6) is 0 Å². The number of hydrogen-bond acceptors (Lipinski definition) is 3. The fraction of sp³-hybridized carbons (Fsp3) is 0.533. The van der Waals surface area contributed by atoms with Crippen molar-refractivity contribution in [2.45, 2.75) is 24.9 Å². The topological polar surface area (TPSA) is 55.6 Å². The molecule has 1 fully saturated rings. The van der Waals surface area contributed by atoms with Gasteiger partial charge in [-0.25, -0.2) is 0 Å². The van der Waals surface area contributed by atoms with Gasteiger partial charge in [0.05, 0.1) is 12.0 Å². The normalized spacial score (nSPS) is 21.2. The largest absolute Gasteiger partial charge is 0.380 e. The molecule has 2 unspecified atom stereocenters. The molecule has 1 aromatic rings. The van der Waals surface area contributed by atoms with Gasteiger partial charge in [-0.1, -0.05) is 30.3 Å². The lowest BCUT2D eigenvalue weighted by atomic mass is 9.96. The zero-order valence-corrected chi connectivity index (χ0v) is 11.4. The number of carbonyl (C=O) groups is 1. The number of carbonyl (C=O) groups excluding carboxylic acids is 1. The Balaban J connectivity index is 2.08. The van der Waals surface area contributed by atoms with Crippen molar-refractivity contribution in [3.05, 3.63) is 35.9 Å². The average molecular weight is 262 g/mol. The highest BCUT2D eigenvalue weighted by Gasteiger charge is 2.28. The third-order valence-electron chi connectivity index (χ3n) is 3.76. The van der Waals surface area contributed by atoms with Gasteiger partial charge in [0, 0.05) is 26.7 Å². The van der Waals surface area contributed by atoms with Crippen molar-refractivity contribution >= 4 is 5.91 Å². The molecular formula is C15H22N2O2. The van der Waals surface area contributed by atoms with E-state index in [2.05, 4.69) is 0 Å². The van der Waals surface area contributed by atoms with Crippen molar-refractivity contribution < 1.29 is 9.53 Å². The standard InChI is InChI=1S/C15H22N2O2/c1-19-13-8-5-9-17(11-13)15(18)14(10-16)12-6-3-2-4-7-12/h2-4,6-7,13-14H,5,8-11,16H2,1H3. The molecule has 4 heteroatoms. The number of piperidine rings is 1. The molecule has 1 heterocycles. The Labute approximate surface area is 114 Å². The van der Waals surface area contributed by atoms with E-state index in [4.69, 9.17) is 10.5 Å².